The number of fused-ring (bicyclic) bond motifs is 1. The van der Waals surface area contributed by atoms with E-state index in [0.717, 1.165) is 22.3 Å². The van der Waals surface area contributed by atoms with Gasteiger partial charge in [0.25, 0.3) is 5.91 Å². The summed E-state index contributed by atoms with van der Waals surface area (Å²) in [6.45, 7) is 3.93. The van der Waals surface area contributed by atoms with Gasteiger partial charge in [-0.2, -0.15) is 0 Å². The lowest BCUT2D eigenvalue weighted by molar-refractivity contribution is 0.102. The van der Waals surface area contributed by atoms with Crippen molar-refractivity contribution in [2.75, 3.05) is 5.32 Å². The van der Waals surface area contributed by atoms with Crippen molar-refractivity contribution < 1.29 is 4.79 Å². The van der Waals surface area contributed by atoms with Gasteiger partial charge in [0, 0.05) is 11.1 Å². The Labute approximate surface area is 112 Å². The molecular formula is C12H11N5OS. The number of anilines is 1. The van der Waals surface area contributed by atoms with Crippen molar-refractivity contribution in [3.05, 3.63) is 34.2 Å². The fourth-order valence-electron chi connectivity index (χ4n) is 1.89. The molecule has 0 aliphatic rings. The third-order valence-electron chi connectivity index (χ3n) is 2.99. The average molecular weight is 273 g/mol. The van der Waals surface area contributed by atoms with Gasteiger partial charge in [0.05, 0.1) is 10.9 Å². The lowest BCUT2D eigenvalue weighted by Gasteiger charge is -2.04. The van der Waals surface area contributed by atoms with Gasteiger partial charge in [-0.1, -0.05) is 0 Å². The summed E-state index contributed by atoms with van der Waals surface area (Å²) in [6.07, 6.45) is 1.42. The molecule has 3 rings (SSSR count). The number of nitrogens with zero attached hydrogens (tertiary/aromatic N) is 3. The van der Waals surface area contributed by atoms with Crippen LogP contribution in [-0.2, 0) is 0 Å². The largest absolute Gasteiger partial charge is 0.343 e. The maximum absolute atomic E-state index is 12.0. The van der Waals surface area contributed by atoms with E-state index in [1.165, 1.54) is 17.7 Å². The summed E-state index contributed by atoms with van der Waals surface area (Å²) in [5.41, 5.74) is 4.78. The van der Waals surface area contributed by atoms with Gasteiger partial charge >= 0.3 is 0 Å². The quantitative estimate of drug-likeness (QED) is 0.750. The molecule has 0 saturated heterocycles. The Balaban J connectivity index is 2.04. The minimum atomic E-state index is -0.264. The number of amides is 1. The molecule has 0 aliphatic carbocycles. The lowest BCUT2D eigenvalue weighted by Crippen LogP contribution is -2.13. The highest BCUT2D eigenvalue weighted by molar-refractivity contribution is 7.07. The van der Waals surface area contributed by atoms with Crippen LogP contribution >= 0.6 is 11.3 Å². The Morgan fingerprint density at radius 1 is 1.32 bits per heavy atom. The summed E-state index contributed by atoms with van der Waals surface area (Å²) in [5, 5.41) is 5.31. The summed E-state index contributed by atoms with van der Waals surface area (Å²) in [4.78, 5) is 27.4. The number of thiazole rings is 1. The molecule has 0 atom stereocenters. The van der Waals surface area contributed by atoms with Gasteiger partial charge in [-0.15, -0.1) is 11.3 Å². The number of hydrogen-bond donors (Lipinski definition) is 2. The highest BCUT2D eigenvalue weighted by Crippen LogP contribution is 2.25. The fourth-order valence-corrected chi connectivity index (χ4v) is 2.42. The fraction of sp³-hybridized carbons (Fsp3) is 0.167. The number of aromatic nitrogens is 4. The zero-order valence-corrected chi connectivity index (χ0v) is 11.2. The van der Waals surface area contributed by atoms with Crippen LogP contribution in [0.4, 0.5) is 5.82 Å². The smallest absolute Gasteiger partial charge is 0.276 e. The third-order valence-corrected chi connectivity index (χ3v) is 3.57. The summed E-state index contributed by atoms with van der Waals surface area (Å²) < 4.78 is 0. The van der Waals surface area contributed by atoms with Crippen molar-refractivity contribution in [3.8, 4) is 0 Å². The van der Waals surface area contributed by atoms with E-state index >= 15 is 0 Å². The molecule has 0 radical (unpaired) electrons. The number of rotatable bonds is 2. The average Bonchev–Trinajstić information content (AvgIpc) is 3.00. The van der Waals surface area contributed by atoms with Crippen LogP contribution in [0.5, 0.6) is 0 Å². The molecule has 1 amide bonds. The first-order chi connectivity index (χ1) is 9.16. The van der Waals surface area contributed by atoms with Crippen molar-refractivity contribution in [2.24, 2.45) is 0 Å². The molecule has 6 nitrogen and oxygen atoms in total. The Morgan fingerprint density at radius 2 is 2.16 bits per heavy atom. The van der Waals surface area contributed by atoms with Gasteiger partial charge in [0.15, 0.2) is 0 Å². The minimum Gasteiger partial charge on any atom is -0.343 e. The van der Waals surface area contributed by atoms with E-state index in [2.05, 4.69) is 25.3 Å². The van der Waals surface area contributed by atoms with E-state index in [0.29, 0.717) is 11.5 Å². The SMILES string of the molecule is Cc1[nH]c2ncnc(NC(=O)c3cscn3)c2c1C. The standard InChI is InChI=1S/C12H11N5OS/c1-6-7(2)16-10-9(6)11(14-4-13-10)17-12(18)8-3-19-5-15-8/h3-5H,1-2H3,(H2,13,14,16,17,18). The number of aromatic amines is 1. The molecule has 3 heterocycles. The molecule has 0 spiro atoms. The molecule has 7 heteroatoms. The maximum Gasteiger partial charge on any atom is 0.276 e. The molecule has 3 aromatic heterocycles. The van der Waals surface area contributed by atoms with Gasteiger partial charge in [-0.3, -0.25) is 4.79 Å². The van der Waals surface area contributed by atoms with E-state index in [4.69, 9.17) is 0 Å². The number of nitrogens with one attached hydrogen (secondary N) is 2. The van der Waals surface area contributed by atoms with Crippen molar-refractivity contribution in [1.29, 1.82) is 0 Å². The molecule has 2 N–H and O–H groups in total. The van der Waals surface area contributed by atoms with Gasteiger partial charge < -0.3 is 10.3 Å². The van der Waals surface area contributed by atoms with E-state index < -0.39 is 0 Å². The number of aryl methyl sites for hydroxylation is 2. The Kier molecular flexibility index (Phi) is 2.75. The highest BCUT2D eigenvalue weighted by atomic mass is 32.1. The maximum atomic E-state index is 12.0. The van der Waals surface area contributed by atoms with E-state index in [1.54, 1.807) is 10.9 Å². The Bertz CT molecular complexity index is 747. The van der Waals surface area contributed by atoms with Crippen LogP contribution < -0.4 is 5.32 Å². The Morgan fingerprint density at radius 3 is 2.89 bits per heavy atom. The molecule has 0 bridgehead atoms. The monoisotopic (exact) mass is 273 g/mol. The topological polar surface area (TPSA) is 83.6 Å². The van der Waals surface area contributed by atoms with Crippen molar-refractivity contribution >= 4 is 34.1 Å². The first-order valence-corrected chi connectivity index (χ1v) is 6.60. The lowest BCUT2D eigenvalue weighted by atomic mass is 10.2. The number of hydrogen-bond acceptors (Lipinski definition) is 5. The predicted octanol–water partition coefficient (Wildman–Crippen LogP) is 2.28. The van der Waals surface area contributed by atoms with Gasteiger partial charge in [-0.05, 0) is 19.4 Å². The molecule has 0 saturated carbocycles. The van der Waals surface area contributed by atoms with Crippen LogP contribution in [0.1, 0.15) is 21.7 Å². The van der Waals surface area contributed by atoms with Crippen molar-refractivity contribution in [3.63, 3.8) is 0 Å². The van der Waals surface area contributed by atoms with Gasteiger partial charge in [0.2, 0.25) is 0 Å². The van der Waals surface area contributed by atoms with Gasteiger partial charge in [-0.25, -0.2) is 15.0 Å². The summed E-state index contributed by atoms with van der Waals surface area (Å²) in [5.74, 6) is 0.240. The summed E-state index contributed by atoms with van der Waals surface area (Å²) in [6, 6.07) is 0. The van der Waals surface area contributed by atoms with E-state index in [-0.39, 0.29) is 5.91 Å². The molecule has 0 unspecified atom stereocenters. The van der Waals surface area contributed by atoms with E-state index in [9.17, 15) is 4.79 Å². The third kappa shape index (κ3) is 1.97. The normalized spacial score (nSPS) is 10.8. The van der Waals surface area contributed by atoms with Crippen LogP contribution in [-0.4, -0.2) is 25.8 Å². The van der Waals surface area contributed by atoms with Crippen LogP contribution in [0.25, 0.3) is 11.0 Å². The number of carbonyl (C=O) groups excluding carboxylic acids is 1. The van der Waals surface area contributed by atoms with Gasteiger partial charge in [0.1, 0.15) is 23.5 Å². The molecule has 0 fully saturated rings. The summed E-state index contributed by atoms with van der Waals surface area (Å²) >= 11 is 1.38. The van der Waals surface area contributed by atoms with Crippen molar-refractivity contribution in [2.45, 2.75) is 13.8 Å². The molecular weight excluding hydrogens is 262 g/mol. The zero-order chi connectivity index (χ0) is 13.4. The first kappa shape index (κ1) is 11.8. The molecule has 19 heavy (non-hydrogen) atoms. The van der Waals surface area contributed by atoms with Crippen molar-refractivity contribution in [1.82, 2.24) is 19.9 Å². The molecule has 96 valence electrons. The van der Waals surface area contributed by atoms with Crippen LogP contribution in [0.3, 0.4) is 0 Å². The second kappa shape index (κ2) is 4.43. The number of carbonyl (C=O) groups is 1. The van der Waals surface area contributed by atoms with E-state index in [1.807, 2.05) is 13.8 Å². The molecule has 0 aliphatic heterocycles. The number of H-pyrrole nitrogens is 1. The molecule has 0 aromatic carbocycles. The zero-order valence-electron chi connectivity index (χ0n) is 10.4. The highest BCUT2D eigenvalue weighted by Gasteiger charge is 2.15. The van der Waals surface area contributed by atoms with Crippen LogP contribution in [0.15, 0.2) is 17.2 Å². The molecule has 3 aromatic rings. The Hall–Kier alpha value is -2.28. The van der Waals surface area contributed by atoms with Crippen LogP contribution in [0, 0.1) is 13.8 Å². The van der Waals surface area contributed by atoms with Crippen LogP contribution in [0.2, 0.25) is 0 Å². The second-order valence-electron chi connectivity index (χ2n) is 4.15. The first-order valence-electron chi connectivity index (χ1n) is 5.66. The summed E-state index contributed by atoms with van der Waals surface area (Å²) in [7, 11) is 0. The predicted molar refractivity (Wildman–Crippen MR) is 73.4 cm³/mol. The second-order valence-corrected chi connectivity index (χ2v) is 4.87. The minimum absolute atomic E-state index is 0.264.